The summed E-state index contributed by atoms with van der Waals surface area (Å²) in [6.45, 7) is 6.55. The molecule has 2 heteroatoms. The van der Waals surface area contributed by atoms with Crippen molar-refractivity contribution in [3.63, 3.8) is 0 Å². The Bertz CT molecular complexity index is 216. The lowest BCUT2D eigenvalue weighted by molar-refractivity contribution is -0.188. The lowest BCUT2D eigenvalue weighted by Gasteiger charge is -2.27. The Hall–Kier alpha value is -0.0800. The normalized spacial score (nSPS) is 46.9. The van der Waals surface area contributed by atoms with Crippen LogP contribution in [-0.2, 0) is 9.47 Å². The lowest BCUT2D eigenvalue weighted by atomic mass is 9.89. The van der Waals surface area contributed by atoms with E-state index in [-0.39, 0.29) is 11.4 Å². The van der Waals surface area contributed by atoms with E-state index in [0.717, 1.165) is 12.8 Å². The molecule has 2 nitrogen and oxygen atoms in total. The Morgan fingerprint density at radius 3 is 2.79 bits per heavy atom. The van der Waals surface area contributed by atoms with Crippen LogP contribution < -0.4 is 0 Å². The second-order valence-electron chi connectivity index (χ2n) is 5.15. The highest BCUT2D eigenvalue weighted by Crippen LogP contribution is 2.47. The molecule has 0 radical (unpaired) electrons. The topological polar surface area (TPSA) is 18.5 Å². The third-order valence-corrected chi connectivity index (χ3v) is 3.65. The van der Waals surface area contributed by atoms with Crippen LogP contribution in [0, 0.1) is 0 Å². The molecule has 0 aliphatic carbocycles. The average Bonchev–Trinajstić information content (AvgIpc) is 2.30. The summed E-state index contributed by atoms with van der Waals surface area (Å²) in [7, 11) is 0. The van der Waals surface area contributed by atoms with Gasteiger partial charge in [-0.1, -0.05) is 19.8 Å². The first-order valence-electron chi connectivity index (χ1n) is 5.96. The van der Waals surface area contributed by atoms with Crippen LogP contribution in [0.5, 0.6) is 0 Å². The van der Waals surface area contributed by atoms with Crippen LogP contribution in [0.4, 0.5) is 0 Å². The van der Waals surface area contributed by atoms with E-state index < -0.39 is 0 Å². The maximum atomic E-state index is 6.14. The summed E-state index contributed by atoms with van der Waals surface area (Å²) in [4.78, 5) is 0. The lowest BCUT2D eigenvalue weighted by Crippen LogP contribution is -2.36. The first-order valence-corrected chi connectivity index (χ1v) is 5.96. The molecule has 2 fully saturated rings. The van der Waals surface area contributed by atoms with Gasteiger partial charge in [-0.3, -0.25) is 0 Å². The minimum atomic E-state index is -0.272. The first kappa shape index (κ1) is 10.4. The predicted molar refractivity (Wildman–Crippen MR) is 56.1 cm³/mol. The number of rotatable bonds is 3. The van der Waals surface area contributed by atoms with E-state index in [1.807, 2.05) is 0 Å². The molecule has 0 amide bonds. The minimum absolute atomic E-state index is 0.0126. The maximum Gasteiger partial charge on any atom is 0.166 e. The molecular formula is C12H22O2. The minimum Gasteiger partial charge on any atom is -0.344 e. The molecule has 0 N–H and O–H groups in total. The fourth-order valence-corrected chi connectivity index (χ4v) is 2.83. The molecule has 82 valence electrons. The maximum absolute atomic E-state index is 6.14. The van der Waals surface area contributed by atoms with Crippen molar-refractivity contribution >= 4 is 0 Å². The van der Waals surface area contributed by atoms with E-state index in [4.69, 9.17) is 9.47 Å². The van der Waals surface area contributed by atoms with Crippen molar-refractivity contribution in [1.29, 1.82) is 0 Å². The number of hydrogen-bond donors (Lipinski definition) is 0. The first-order chi connectivity index (χ1) is 6.58. The van der Waals surface area contributed by atoms with Crippen LogP contribution in [0.3, 0.4) is 0 Å². The van der Waals surface area contributed by atoms with Crippen molar-refractivity contribution in [2.24, 2.45) is 0 Å². The molecular weight excluding hydrogens is 176 g/mol. The van der Waals surface area contributed by atoms with Gasteiger partial charge in [0.25, 0.3) is 0 Å². The van der Waals surface area contributed by atoms with Gasteiger partial charge in [0, 0.05) is 6.42 Å². The van der Waals surface area contributed by atoms with Gasteiger partial charge in [0.1, 0.15) is 0 Å². The van der Waals surface area contributed by atoms with Crippen molar-refractivity contribution in [3.05, 3.63) is 0 Å². The van der Waals surface area contributed by atoms with Gasteiger partial charge in [0.2, 0.25) is 0 Å². The summed E-state index contributed by atoms with van der Waals surface area (Å²) in [6.07, 6.45) is 7.45. The van der Waals surface area contributed by atoms with Gasteiger partial charge in [-0.2, -0.15) is 0 Å². The third kappa shape index (κ3) is 1.70. The molecule has 14 heavy (non-hydrogen) atoms. The second kappa shape index (κ2) is 3.49. The SMILES string of the molecule is CCCCC1(C)OC2(C)CCCC1O2. The highest BCUT2D eigenvalue weighted by molar-refractivity contribution is 4.96. The van der Waals surface area contributed by atoms with E-state index in [9.17, 15) is 0 Å². The smallest absolute Gasteiger partial charge is 0.166 e. The summed E-state index contributed by atoms with van der Waals surface area (Å²) < 4.78 is 12.1. The summed E-state index contributed by atoms with van der Waals surface area (Å²) >= 11 is 0. The number of unbranched alkanes of at least 4 members (excludes halogenated alkanes) is 1. The molecule has 2 bridgehead atoms. The van der Waals surface area contributed by atoms with E-state index in [1.165, 1.54) is 25.7 Å². The fourth-order valence-electron chi connectivity index (χ4n) is 2.83. The van der Waals surface area contributed by atoms with E-state index in [1.54, 1.807) is 0 Å². The Morgan fingerprint density at radius 2 is 2.14 bits per heavy atom. The van der Waals surface area contributed by atoms with Gasteiger partial charge in [-0.15, -0.1) is 0 Å². The Kier molecular flexibility index (Phi) is 2.61. The van der Waals surface area contributed by atoms with E-state index in [2.05, 4.69) is 20.8 Å². The highest BCUT2D eigenvalue weighted by atomic mass is 16.8. The molecule has 2 aliphatic rings. The standard InChI is InChI=1S/C12H22O2/c1-4-5-8-11(2)10-7-6-9-12(3,13-10)14-11/h10H,4-9H2,1-3H3. The monoisotopic (exact) mass is 198 g/mol. The summed E-state index contributed by atoms with van der Waals surface area (Å²) in [5, 5.41) is 0. The Balaban J connectivity index is 2.06. The van der Waals surface area contributed by atoms with Gasteiger partial charge in [0.05, 0.1) is 11.7 Å². The molecule has 0 aromatic carbocycles. The van der Waals surface area contributed by atoms with Crippen molar-refractivity contribution < 1.29 is 9.47 Å². The van der Waals surface area contributed by atoms with E-state index in [0.29, 0.717) is 6.10 Å². The predicted octanol–water partition coefficient (Wildman–Crippen LogP) is 3.25. The fraction of sp³-hybridized carbons (Fsp3) is 1.00. The summed E-state index contributed by atoms with van der Waals surface area (Å²) in [5.41, 5.74) is -0.0126. The summed E-state index contributed by atoms with van der Waals surface area (Å²) in [5.74, 6) is -0.272. The van der Waals surface area contributed by atoms with Crippen molar-refractivity contribution in [1.82, 2.24) is 0 Å². The molecule has 3 unspecified atom stereocenters. The van der Waals surface area contributed by atoms with Crippen LogP contribution >= 0.6 is 0 Å². The Labute approximate surface area is 87.0 Å². The quantitative estimate of drug-likeness (QED) is 0.693. The number of hydrogen-bond acceptors (Lipinski definition) is 2. The van der Waals surface area contributed by atoms with E-state index >= 15 is 0 Å². The Morgan fingerprint density at radius 1 is 1.36 bits per heavy atom. The molecule has 0 saturated carbocycles. The molecule has 0 aromatic heterocycles. The number of fused-ring (bicyclic) bond motifs is 2. The van der Waals surface area contributed by atoms with Gasteiger partial charge in [-0.25, -0.2) is 0 Å². The zero-order valence-corrected chi connectivity index (χ0v) is 9.64. The van der Waals surface area contributed by atoms with Crippen LogP contribution in [0.1, 0.15) is 59.3 Å². The van der Waals surface area contributed by atoms with Gasteiger partial charge < -0.3 is 9.47 Å². The molecule has 0 aromatic rings. The van der Waals surface area contributed by atoms with Crippen LogP contribution in [-0.4, -0.2) is 17.5 Å². The van der Waals surface area contributed by atoms with Gasteiger partial charge in [-0.05, 0) is 33.1 Å². The van der Waals surface area contributed by atoms with Crippen LogP contribution in [0.15, 0.2) is 0 Å². The zero-order valence-electron chi connectivity index (χ0n) is 9.64. The zero-order chi connectivity index (χ0) is 10.2. The van der Waals surface area contributed by atoms with Crippen LogP contribution in [0.25, 0.3) is 0 Å². The highest BCUT2D eigenvalue weighted by Gasteiger charge is 2.53. The molecule has 2 rings (SSSR count). The molecule has 2 aliphatic heterocycles. The molecule has 3 atom stereocenters. The van der Waals surface area contributed by atoms with Crippen molar-refractivity contribution in [2.75, 3.05) is 0 Å². The third-order valence-electron chi connectivity index (χ3n) is 3.65. The summed E-state index contributed by atoms with van der Waals surface area (Å²) in [6, 6.07) is 0. The van der Waals surface area contributed by atoms with Crippen molar-refractivity contribution in [2.45, 2.75) is 76.8 Å². The van der Waals surface area contributed by atoms with Gasteiger partial charge in [0.15, 0.2) is 5.79 Å². The van der Waals surface area contributed by atoms with Gasteiger partial charge >= 0.3 is 0 Å². The molecule has 2 heterocycles. The largest absolute Gasteiger partial charge is 0.344 e. The van der Waals surface area contributed by atoms with Crippen molar-refractivity contribution in [3.8, 4) is 0 Å². The average molecular weight is 198 g/mol. The number of ether oxygens (including phenoxy) is 2. The molecule has 2 saturated heterocycles. The molecule has 0 spiro atoms. The second-order valence-corrected chi connectivity index (χ2v) is 5.15. The van der Waals surface area contributed by atoms with Crippen LogP contribution in [0.2, 0.25) is 0 Å².